The first kappa shape index (κ1) is 11.9. The van der Waals surface area contributed by atoms with E-state index >= 15 is 0 Å². The van der Waals surface area contributed by atoms with Gasteiger partial charge in [0.1, 0.15) is 11.9 Å². The standard InChI is InChI=1S/C15H14O4/c1-18-14-7-9(2-5-13(14)17)15-12-4-3-11(16)6-10(12)8-19-15/h2-7,15-17H,8H2,1H3. The number of hydrogen-bond donors (Lipinski definition) is 2. The maximum Gasteiger partial charge on any atom is 0.160 e. The Labute approximate surface area is 110 Å². The van der Waals surface area contributed by atoms with Crippen molar-refractivity contribution in [2.24, 2.45) is 0 Å². The topological polar surface area (TPSA) is 58.9 Å². The highest BCUT2D eigenvalue weighted by molar-refractivity contribution is 5.47. The van der Waals surface area contributed by atoms with Gasteiger partial charge in [-0.1, -0.05) is 12.1 Å². The van der Waals surface area contributed by atoms with Gasteiger partial charge >= 0.3 is 0 Å². The van der Waals surface area contributed by atoms with E-state index in [0.717, 1.165) is 16.7 Å². The van der Waals surface area contributed by atoms with E-state index in [4.69, 9.17) is 9.47 Å². The minimum atomic E-state index is -0.190. The molecule has 2 aromatic carbocycles. The van der Waals surface area contributed by atoms with Crippen molar-refractivity contribution < 1.29 is 19.7 Å². The van der Waals surface area contributed by atoms with Crippen LogP contribution in [0.2, 0.25) is 0 Å². The van der Waals surface area contributed by atoms with Gasteiger partial charge in [-0.3, -0.25) is 0 Å². The predicted octanol–water partition coefficient (Wildman–Crippen LogP) is 2.73. The molecule has 0 bridgehead atoms. The highest BCUT2D eigenvalue weighted by atomic mass is 16.5. The first-order valence-electron chi connectivity index (χ1n) is 5.99. The number of fused-ring (bicyclic) bond motifs is 1. The molecule has 98 valence electrons. The third kappa shape index (κ3) is 2.00. The average Bonchev–Trinajstić information content (AvgIpc) is 2.82. The Morgan fingerprint density at radius 2 is 2.00 bits per heavy atom. The molecule has 0 saturated heterocycles. The van der Waals surface area contributed by atoms with Crippen LogP contribution in [0.25, 0.3) is 0 Å². The summed E-state index contributed by atoms with van der Waals surface area (Å²) >= 11 is 0. The van der Waals surface area contributed by atoms with E-state index in [-0.39, 0.29) is 17.6 Å². The zero-order valence-corrected chi connectivity index (χ0v) is 10.5. The summed E-state index contributed by atoms with van der Waals surface area (Å²) in [6, 6.07) is 10.4. The largest absolute Gasteiger partial charge is 0.508 e. The maximum atomic E-state index is 9.61. The monoisotopic (exact) mass is 258 g/mol. The van der Waals surface area contributed by atoms with Gasteiger partial charge in [0, 0.05) is 0 Å². The number of rotatable bonds is 2. The number of phenols is 2. The van der Waals surface area contributed by atoms with Gasteiger partial charge in [-0.05, 0) is 41.0 Å². The Morgan fingerprint density at radius 1 is 1.16 bits per heavy atom. The highest BCUT2D eigenvalue weighted by Gasteiger charge is 2.25. The molecule has 1 atom stereocenters. The average molecular weight is 258 g/mol. The SMILES string of the molecule is COc1cc(C2OCc3cc(O)ccc32)ccc1O. The van der Waals surface area contributed by atoms with Crippen LogP contribution in [0, 0.1) is 0 Å². The summed E-state index contributed by atoms with van der Waals surface area (Å²) in [6.45, 7) is 0.470. The van der Waals surface area contributed by atoms with E-state index in [1.807, 2.05) is 12.1 Å². The molecule has 0 saturated carbocycles. The Kier molecular flexibility index (Phi) is 2.80. The Morgan fingerprint density at radius 3 is 2.79 bits per heavy atom. The molecule has 0 aliphatic carbocycles. The van der Waals surface area contributed by atoms with Crippen LogP contribution >= 0.6 is 0 Å². The maximum absolute atomic E-state index is 9.61. The molecule has 2 N–H and O–H groups in total. The third-order valence-corrected chi connectivity index (χ3v) is 3.32. The fraction of sp³-hybridized carbons (Fsp3) is 0.200. The van der Waals surface area contributed by atoms with Crippen molar-refractivity contribution in [3.8, 4) is 17.2 Å². The Bertz CT molecular complexity index is 622. The van der Waals surface area contributed by atoms with Gasteiger partial charge < -0.3 is 19.7 Å². The van der Waals surface area contributed by atoms with E-state index < -0.39 is 0 Å². The number of ether oxygens (including phenoxy) is 2. The molecule has 0 fully saturated rings. The quantitative estimate of drug-likeness (QED) is 0.869. The van der Waals surface area contributed by atoms with Crippen LogP contribution in [0.15, 0.2) is 36.4 Å². The first-order chi connectivity index (χ1) is 9.19. The van der Waals surface area contributed by atoms with E-state index in [0.29, 0.717) is 12.4 Å². The molecular formula is C15H14O4. The third-order valence-electron chi connectivity index (χ3n) is 3.32. The lowest BCUT2D eigenvalue weighted by molar-refractivity contribution is 0.0937. The van der Waals surface area contributed by atoms with Gasteiger partial charge in [-0.25, -0.2) is 0 Å². The van der Waals surface area contributed by atoms with Crippen LogP contribution in [0.1, 0.15) is 22.8 Å². The molecular weight excluding hydrogens is 244 g/mol. The van der Waals surface area contributed by atoms with Crippen LogP contribution in [0.4, 0.5) is 0 Å². The second-order valence-electron chi connectivity index (χ2n) is 4.51. The molecule has 0 amide bonds. The van der Waals surface area contributed by atoms with Crippen molar-refractivity contribution in [1.29, 1.82) is 0 Å². The minimum absolute atomic E-state index is 0.107. The lowest BCUT2D eigenvalue weighted by atomic mass is 9.99. The fourth-order valence-corrected chi connectivity index (χ4v) is 2.37. The smallest absolute Gasteiger partial charge is 0.160 e. The molecule has 0 aromatic heterocycles. The highest BCUT2D eigenvalue weighted by Crippen LogP contribution is 2.39. The van der Waals surface area contributed by atoms with Gasteiger partial charge in [-0.15, -0.1) is 0 Å². The summed E-state index contributed by atoms with van der Waals surface area (Å²) in [5, 5.41) is 19.1. The van der Waals surface area contributed by atoms with Crippen molar-refractivity contribution in [1.82, 2.24) is 0 Å². The van der Waals surface area contributed by atoms with Crippen LogP contribution in [0.5, 0.6) is 17.2 Å². The van der Waals surface area contributed by atoms with E-state index in [2.05, 4.69) is 0 Å². The lowest BCUT2D eigenvalue weighted by Gasteiger charge is -2.13. The van der Waals surface area contributed by atoms with Crippen LogP contribution in [0.3, 0.4) is 0 Å². The van der Waals surface area contributed by atoms with Gasteiger partial charge in [0.05, 0.1) is 13.7 Å². The second kappa shape index (κ2) is 4.48. The van der Waals surface area contributed by atoms with Gasteiger partial charge in [0.2, 0.25) is 0 Å². The van der Waals surface area contributed by atoms with Gasteiger partial charge in [-0.2, -0.15) is 0 Å². The number of aromatic hydroxyl groups is 2. The van der Waals surface area contributed by atoms with E-state index in [1.54, 1.807) is 24.3 Å². The van der Waals surface area contributed by atoms with Crippen molar-refractivity contribution in [3.63, 3.8) is 0 Å². The predicted molar refractivity (Wildman–Crippen MR) is 69.4 cm³/mol. The van der Waals surface area contributed by atoms with Crippen LogP contribution < -0.4 is 4.74 Å². The molecule has 1 heterocycles. The molecule has 4 nitrogen and oxygen atoms in total. The zero-order valence-electron chi connectivity index (χ0n) is 10.5. The summed E-state index contributed by atoms with van der Waals surface area (Å²) in [7, 11) is 1.51. The van der Waals surface area contributed by atoms with Crippen molar-refractivity contribution in [2.75, 3.05) is 7.11 Å². The summed E-state index contributed by atoms with van der Waals surface area (Å²) in [4.78, 5) is 0. The van der Waals surface area contributed by atoms with Crippen molar-refractivity contribution >= 4 is 0 Å². The molecule has 1 aliphatic heterocycles. The second-order valence-corrected chi connectivity index (χ2v) is 4.51. The zero-order chi connectivity index (χ0) is 13.4. The Balaban J connectivity index is 2.01. The molecule has 1 unspecified atom stereocenters. The summed E-state index contributed by atoms with van der Waals surface area (Å²) in [6.07, 6.45) is -0.190. The molecule has 3 rings (SSSR count). The number of benzene rings is 2. The van der Waals surface area contributed by atoms with Crippen LogP contribution in [-0.2, 0) is 11.3 Å². The van der Waals surface area contributed by atoms with Crippen molar-refractivity contribution in [3.05, 3.63) is 53.1 Å². The van der Waals surface area contributed by atoms with Gasteiger partial charge in [0.15, 0.2) is 11.5 Å². The Hall–Kier alpha value is -2.20. The molecule has 19 heavy (non-hydrogen) atoms. The molecule has 2 aromatic rings. The molecule has 0 spiro atoms. The number of methoxy groups -OCH3 is 1. The minimum Gasteiger partial charge on any atom is -0.508 e. The van der Waals surface area contributed by atoms with E-state index in [9.17, 15) is 10.2 Å². The summed E-state index contributed by atoms with van der Waals surface area (Å²) in [5.74, 6) is 0.773. The molecule has 0 radical (unpaired) electrons. The lowest BCUT2D eigenvalue weighted by Crippen LogP contribution is -1.99. The normalized spacial score (nSPS) is 17.2. The van der Waals surface area contributed by atoms with E-state index in [1.165, 1.54) is 7.11 Å². The summed E-state index contributed by atoms with van der Waals surface area (Å²) in [5.41, 5.74) is 2.93. The number of phenolic OH excluding ortho intramolecular Hbond substituents is 2. The molecule has 1 aliphatic rings. The first-order valence-corrected chi connectivity index (χ1v) is 5.99. The fourth-order valence-electron chi connectivity index (χ4n) is 2.37. The number of hydrogen-bond acceptors (Lipinski definition) is 4. The van der Waals surface area contributed by atoms with Crippen molar-refractivity contribution in [2.45, 2.75) is 12.7 Å². The molecule has 4 heteroatoms. The summed E-state index contributed by atoms with van der Waals surface area (Å²) < 4.78 is 10.9. The van der Waals surface area contributed by atoms with Gasteiger partial charge in [0.25, 0.3) is 0 Å². The van der Waals surface area contributed by atoms with Crippen LogP contribution in [-0.4, -0.2) is 17.3 Å².